The van der Waals surface area contributed by atoms with Crippen molar-refractivity contribution >= 4 is 23.5 Å². The fourth-order valence-corrected chi connectivity index (χ4v) is 7.66. The fourth-order valence-electron chi connectivity index (χ4n) is 7.66. The van der Waals surface area contributed by atoms with E-state index in [9.17, 15) is 29.4 Å². The predicted molar refractivity (Wildman–Crippen MR) is 110 cm³/mol. The molecule has 2 unspecified atom stereocenters. The summed E-state index contributed by atoms with van der Waals surface area (Å²) in [5.74, 6) is -5.86. The first-order valence-corrected chi connectivity index (χ1v) is 11.0. The predicted octanol–water partition coefficient (Wildman–Crippen LogP) is 2.56. The molecule has 8 atom stereocenters. The number of carbonyl (C=O) groups excluding carboxylic acids is 3. The van der Waals surface area contributed by atoms with Gasteiger partial charge in [0.1, 0.15) is 0 Å². The number of carboxylic acids is 1. The van der Waals surface area contributed by atoms with Crippen molar-refractivity contribution in [3.63, 3.8) is 0 Å². The number of hydrogen-bond acceptors (Lipinski definition) is 6. The molecule has 0 aromatic heterocycles. The summed E-state index contributed by atoms with van der Waals surface area (Å²) in [6, 6.07) is 0. The molecule has 0 bridgehead atoms. The van der Waals surface area contributed by atoms with Gasteiger partial charge in [-0.25, -0.2) is 9.18 Å². The number of hydrogen-bond donors (Lipinski definition) is 2. The number of alkyl halides is 1. The molecule has 0 aromatic rings. The van der Waals surface area contributed by atoms with Gasteiger partial charge in [-0.2, -0.15) is 0 Å². The maximum atomic E-state index is 17.1. The highest BCUT2D eigenvalue weighted by Gasteiger charge is 2.77. The molecule has 174 valence electrons. The lowest BCUT2D eigenvalue weighted by molar-refractivity contribution is -0.227. The van der Waals surface area contributed by atoms with E-state index < -0.39 is 63.7 Å². The van der Waals surface area contributed by atoms with Crippen LogP contribution in [-0.4, -0.2) is 51.1 Å². The number of fused-ring (bicyclic) bond motifs is 5. The molecule has 4 aliphatic carbocycles. The number of aliphatic carboxylic acids is 1. The molecule has 0 amide bonds. The van der Waals surface area contributed by atoms with Crippen LogP contribution in [0, 0.1) is 28.6 Å². The van der Waals surface area contributed by atoms with Crippen LogP contribution < -0.4 is 0 Å². The molecule has 3 saturated carbocycles. The summed E-state index contributed by atoms with van der Waals surface area (Å²) >= 11 is 0. The van der Waals surface area contributed by atoms with Gasteiger partial charge in [-0.15, -0.1) is 0 Å². The van der Waals surface area contributed by atoms with Crippen LogP contribution in [0.1, 0.15) is 53.4 Å². The molecule has 0 spiro atoms. The quantitative estimate of drug-likeness (QED) is 0.503. The molecular weight excluding hydrogens is 419 g/mol. The molecule has 7 nitrogen and oxygen atoms in total. The van der Waals surface area contributed by atoms with Crippen LogP contribution in [0.25, 0.3) is 0 Å². The van der Waals surface area contributed by atoms with Gasteiger partial charge in [0.05, 0.1) is 6.10 Å². The first-order valence-electron chi connectivity index (χ1n) is 11.0. The normalized spacial score (nSPS) is 47.1. The van der Waals surface area contributed by atoms with E-state index in [-0.39, 0.29) is 18.6 Å². The fraction of sp³-hybridized carbons (Fsp3) is 0.667. The highest BCUT2D eigenvalue weighted by atomic mass is 19.1. The maximum Gasteiger partial charge on any atom is 0.376 e. The summed E-state index contributed by atoms with van der Waals surface area (Å²) < 4.78 is 22.6. The molecular formula is C24H29FO7. The summed E-state index contributed by atoms with van der Waals surface area (Å²) in [5, 5.41) is 20.9. The van der Waals surface area contributed by atoms with Crippen LogP contribution in [-0.2, 0) is 23.9 Å². The van der Waals surface area contributed by atoms with E-state index in [1.165, 1.54) is 18.2 Å². The van der Waals surface area contributed by atoms with Gasteiger partial charge in [-0.1, -0.05) is 25.5 Å². The van der Waals surface area contributed by atoms with E-state index in [1.54, 1.807) is 20.8 Å². The van der Waals surface area contributed by atoms with Gasteiger partial charge in [0.2, 0.25) is 0 Å². The molecule has 0 aromatic carbocycles. The van der Waals surface area contributed by atoms with E-state index >= 15 is 4.39 Å². The van der Waals surface area contributed by atoms with Gasteiger partial charge < -0.3 is 14.9 Å². The smallest absolute Gasteiger partial charge is 0.376 e. The van der Waals surface area contributed by atoms with Gasteiger partial charge in [-0.3, -0.25) is 14.4 Å². The third kappa shape index (κ3) is 2.50. The van der Waals surface area contributed by atoms with Gasteiger partial charge in [0.15, 0.2) is 17.1 Å². The van der Waals surface area contributed by atoms with Crippen molar-refractivity contribution < 1.29 is 38.5 Å². The Morgan fingerprint density at radius 1 is 1.22 bits per heavy atom. The first-order chi connectivity index (χ1) is 14.8. The first kappa shape index (κ1) is 22.8. The summed E-state index contributed by atoms with van der Waals surface area (Å²) in [6.07, 6.45) is 3.56. The number of aliphatic hydroxyl groups is 1. The third-order valence-electron chi connectivity index (χ3n) is 9.02. The Bertz CT molecular complexity index is 985. The summed E-state index contributed by atoms with van der Waals surface area (Å²) in [7, 11) is 0. The number of halogens is 1. The number of aliphatic hydroxyl groups excluding tert-OH is 1. The second-order valence-electron chi connectivity index (χ2n) is 10.4. The Hall–Kier alpha value is -2.35. The number of Topliss-reactive ketones (excluding diaryl/α,β-unsaturated/α-hetero) is 1. The maximum absolute atomic E-state index is 17.1. The van der Waals surface area contributed by atoms with Crippen LogP contribution >= 0.6 is 0 Å². The van der Waals surface area contributed by atoms with E-state index in [1.807, 2.05) is 0 Å². The number of rotatable bonds is 3. The number of carbonyl (C=O) groups is 4. The highest BCUT2D eigenvalue weighted by Crippen LogP contribution is 2.71. The average Bonchev–Trinajstić information content (AvgIpc) is 2.90. The molecule has 2 N–H and O–H groups in total. The minimum atomic E-state index is -2.11. The number of ketones is 2. The summed E-state index contributed by atoms with van der Waals surface area (Å²) in [6.45, 7) is 6.08. The minimum absolute atomic E-state index is 0.218. The van der Waals surface area contributed by atoms with Gasteiger partial charge >= 0.3 is 11.9 Å². The second kappa shape index (κ2) is 6.83. The Morgan fingerprint density at radius 3 is 2.47 bits per heavy atom. The van der Waals surface area contributed by atoms with Gasteiger partial charge in [0.25, 0.3) is 5.78 Å². The van der Waals surface area contributed by atoms with Crippen LogP contribution in [0.4, 0.5) is 4.39 Å². The molecule has 0 radical (unpaired) electrons. The summed E-state index contributed by atoms with van der Waals surface area (Å²) in [5.41, 5.74) is -5.94. The lowest BCUT2D eigenvalue weighted by Gasteiger charge is -2.62. The van der Waals surface area contributed by atoms with Crippen molar-refractivity contribution in [1.29, 1.82) is 0 Å². The Balaban J connectivity index is 1.88. The Kier molecular flexibility index (Phi) is 4.87. The molecule has 0 saturated heterocycles. The van der Waals surface area contributed by atoms with E-state index in [0.29, 0.717) is 18.4 Å². The van der Waals surface area contributed by atoms with Crippen LogP contribution in [0.2, 0.25) is 0 Å². The van der Waals surface area contributed by atoms with Gasteiger partial charge in [-0.05, 0) is 50.7 Å². The lowest BCUT2D eigenvalue weighted by atomic mass is 9.44. The molecule has 4 aliphatic rings. The van der Waals surface area contributed by atoms with E-state index in [2.05, 4.69) is 0 Å². The van der Waals surface area contributed by atoms with Crippen molar-refractivity contribution in [2.45, 2.75) is 70.8 Å². The zero-order valence-electron chi connectivity index (χ0n) is 18.7. The monoisotopic (exact) mass is 448 g/mol. The van der Waals surface area contributed by atoms with Crippen molar-refractivity contribution in [1.82, 2.24) is 0 Å². The zero-order valence-corrected chi connectivity index (χ0v) is 18.7. The van der Waals surface area contributed by atoms with Gasteiger partial charge in [0, 0.05) is 29.6 Å². The SMILES string of the molecule is CC(=O)O[C@]1(C(=O)C(=O)O)C(C)C[C@H]2[C@@H]3CCC4=CC(=O)C=C[C@]4(C)[C@@]3(F)C(O)C[C@@]21C. The molecule has 4 rings (SSSR count). The van der Waals surface area contributed by atoms with Crippen molar-refractivity contribution in [3.05, 3.63) is 23.8 Å². The standard InChI is InChI=1S/C24H29FO7/c1-12-9-17-16-6-5-14-10-15(27)7-8-21(14,3)23(16,25)18(28)11-22(17,4)24(12,32-13(2)26)19(29)20(30)31/h7-8,10,12,16-18,28H,5-6,9,11H2,1-4H3,(H,30,31)/t12?,16-,17-,18?,21-,22-,23-,24-/m0/s1. The topological polar surface area (TPSA) is 118 Å². The second-order valence-corrected chi connectivity index (χ2v) is 10.4. The van der Waals surface area contributed by atoms with E-state index in [0.717, 1.165) is 6.92 Å². The highest BCUT2D eigenvalue weighted by molar-refractivity contribution is 6.36. The molecule has 8 heteroatoms. The van der Waals surface area contributed by atoms with Crippen molar-refractivity contribution in [2.24, 2.45) is 28.6 Å². The lowest BCUT2D eigenvalue weighted by Crippen LogP contribution is -2.70. The summed E-state index contributed by atoms with van der Waals surface area (Å²) in [4.78, 5) is 48.8. The molecule has 3 fully saturated rings. The van der Waals surface area contributed by atoms with Crippen molar-refractivity contribution in [2.75, 3.05) is 0 Å². The van der Waals surface area contributed by atoms with Crippen molar-refractivity contribution in [3.8, 4) is 0 Å². The van der Waals surface area contributed by atoms with E-state index in [4.69, 9.17) is 4.74 Å². The molecule has 0 heterocycles. The Labute approximate surface area is 185 Å². The van der Waals surface area contributed by atoms with Crippen LogP contribution in [0.15, 0.2) is 23.8 Å². The molecule has 32 heavy (non-hydrogen) atoms. The minimum Gasteiger partial charge on any atom is -0.475 e. The number of allylic oxidation sites excluding steroid dienone is 4. The number of ether oxygens (including phenoxy) is 1. The third-order valence-corrected chi connectivity index (χ3v) is 9.02. The average molecular weight is 448 g/mol. The largest absolute Gasteiger partial charge is 0.475 e. The molecule has 0 aliphatic heterocycles. The Morgan fingerprint density at radius 2 is 1.88 bits per heavy atom. The zero-order chi connectivity index (χ0) is 23.9. The number of esters is 1. The van der Waals surface area contributed by atoms with Crippen LogP contribution in [0.3, 0.4) is 0 Å². The van der Waals surface area contributed by atoms with Crippen LogP contribution in [0.5, 0.6) is 0 Å². The number of carboxylic acid groups (broad SMARTS) is 1.